The fourth-order valence-electron chi connectivity index (χ4n) is 4.43. The monoisotopic (exact) mass is 459 g/mol. The van der Waals surface area contributed by atoms with Crippen LogP contribution in [0.5, 0.6) is 0 Å². The Morgan fingerprint density at radius 2 is 1.88 bits per heavy atom. The van der Waals surface area contributed by atoms with Gasteiger partial charge in [0.25, 0.3) is 5.91 Å². The number of carbonyl (C=O) groups excluding carboxylic acids is 1. The van der Waals surface area contributed by atoms with Crippen LogP contribution in [0.1, 0.15) is 29.3 Å². The highest BCUT2D eigenvalue weighted by molar-refractivity contribution is 7.22. The molecule has 3 aromatic carbocycles. The van der Waals surface area contributed by atoms with Gasteiger partial charge in [-0.2, -0.15) is 0 Å². The molecule has 0 unspecified atom stereocenters. The number of aryl methyl sites for hydroxylation is 1. The van der Waals surface area contributed by atoms with Crippen molar-refractivity contribution in [2.45, 2.75) is 19.8 Å². The van der Waals surface area contributed by atoms with E-state index >= 15 is 0 Å². The molecule has 0 bridgehead atoms. The van der Waals surface area contributed by atoms with Crippen LogP contribution >= 0.6 is 11.3 Å². The number of thiazole rings is 1. The van der Waals surface area contributed by atoms with E-state index in [0.717, 1.165) is 71.8 Å². The van der Waals surface area contributed by atoms with Gasteiger partial charge in [-0.1, -0.05) is 60.7 Å². The Morgan fingerprint density at radius 1 is 1.06 bits per heavy atom. The largest absolute Gasteiger partial charge is 0.379 e. The van der Waals surface area contributed by atoms with Crippen molar-refractivity contribution >= 4 is 43.4 Å². The van der Waals surface area contributed by atoms with E-state index in [-0.39, 0.29) is 5.91 Å². The molecule has 0 N–H and O–H groups in total. The maximum atomic E-state index is 13.8. The van der Waals surface area contributed by atoms with Crippen molar-refractivity contribution in [3.8, 4) is 0 Å². The lowest BCUT2D eigenvalue weighted by Gasteiger charge is -2.27. The number of amides is 1. The number of aromatic nitrogens is 1. The third-order valence-corrected chi connectivity index (χ3v) is 7.35. The van der Waals surface area contributed by atoms with E-state index in [1.807, 2.05) is 35.2 Å². The summed E-state index contributed by atoms with van der Waals surface area (Å²) in [5.41, 5.74) is 2.95. The molecule has 6 heteroatoms. The zero-order chi connectivity index (χ0) is 22.6. The number of benzene rings is 3. The molecule has 5 rings (SSSR count). The van der Waals surface area contributed by atoms with E-state index in [0.29, 0.717) is 12.1 Å². The van der Waals surface area contributed by atoms with Gasteiger partial charge in [-0.25, -0.2) is 4.98 Å². The number of rotatable bonds is 7. The van der Waals surface area contributed by atoms with Crippen LogP contribution in [-0.2, 0) is 11.2 Å². The normalized spacial score (nSPS) is 14.7. The van der Waals surface area contributed by atoms with Crippen LogP contribution in [0, 0.1) is 0 Å². The molecule has 0 atom stereocenters. The zero-order valence-electron chi connectivity index (χ0n) is 19.0. The maximum Gasteiger partial charge on any atom is 0.260 e. The van der Waals surface area contributed by atoms with Crippen LogP contribution in [0.15, 0.2) is 60.7 Å². The Hall–Kier alpha value is -2.80. The molecule has 170 valence electrons. The molecule has 0 radical (unpaired) electrons. The number of hydrogen-bond donors (Lipinski definition) is 0. The van der Waals surface area contributed by atoms with Crippen LogP contribution in [0.25, 0.3) is 21.0 Å². The molecule has 1 aliphatic heterocycles. The number of morpholine rings is 1. The summed E-state index contributed by atoms with van der Waals surface area (Å²) in [5, 5.41) is 3.00. The first kappa shape index (κ1) is 22.0. The fraction of sp³-hybridized carbons (Fsp3) is 0.333. The van der Waals surface area contributed by atoms with Gasteiger partial charge >= 0.3 is 0 Å². The summed E-state index contributed by atoms with van der Waals surface area (Å²) in [4.78, 5) is 23.0. The second kappa shape index (κ2) is 10.00. The maximum absolute atomic E-state index is 13.8. The standard InChI is InChI=1S/C27H29N3O2S/c1-2-20-9-5-10-24-25(20)28-27(33-24)30(14-6-13-29-15-17-32-18-16-29)26(31)23-12-11-21-7-3-4-8-22(21)19-23/h3-5,7-12,19H,2,6,13-18H2,1H3. The van der Waals surface area contributed by atoms with E-state index in [1.165, 1.54) is 5.56 Å². The SMILES string of the molecule is CCc1cccc2sc(N(CCCN3CCOCC3)C(=O)c3ccc4ccccc4c3)nc12. The molecule has 4 aromatic rings. The summed E-state index contributed by atoms with van der Waals surface area (Å²) in [6.45, 7) is 7.24. The van der Waals surface area contributed by atoms with Crippen molar-refractivity contribution in [2.24, 2.45) is 0 Å². The molecule has 1 aromatic heterocycles. The molecular formula is C27H29N3O2S. The Morgan fingerprint density at radius 3 is 2.70 bits per heavy atom. The topological polar surface area (TPSA) is 45.7 Å². The molecule has 1 fully saturated rings. The van der Waals surface area contributed by atoms with Crippen molar-refractivity contribution in [1.82, 2.24) is 9.88 Å². The van der Waals surface area contributed by atoms with Crippen molar-refractivity contribution < 1.29 is 9.53 Å². The van der Waals surface area contributed by atoms with Crippen molar-refractivity contribution in [1.29, 1.82) is 0 Å². The number of hydrogen-bond acceptors (Lipinski definition) is 5. The predicted octanol–water partition coefficient (Wildman–Crippen LogP) is 5.38. The number of nitrogens with zero attached hydrogens (tertiary/aromatic N) is 3. The highest BCUT2D eigenvalue weighted by Gasteiger charge is 2.22. The number of carbonyl (C=O) groups is 1. The molecule has 0 aliphatic carbocycles. The minimum absolute atomic E-state index is 0.0137. The van der Waals surface area contributed by atoms with Crippen LogP contribution in [0.3, 0.4) is 0 Å². The van der Waals surface area contributed by atoms with E-state index in [9.17, 15) is 4.79 Å². The highest BCUT2D eigenvalue weighted by atomic mass is 32.1. The molecule has 1 saturated heterocycles. The molecule has 2 heterocycles. The second-order valence-electron chi connectivity index (χ2n) is 8.44. The fourth-order valence-corrected chi connectivity index (χ4v) is 5.47. The minimum Gasteiger partial charge on any atom is -0.379 e. The van der Waals surface area contributed by atoms with Crippen LogP contribution < -0.4 is 4.90 Å². The summed E-state index contributed by atoms with van der Waals surface area (Å²) < 4.78 is 6.60. The van der Waals surface area contributed by atoms with E-state index in [2.05, 4.69) is 42.2 Å². The molecule has 1 aliphatic rings. The first-order valence-corrected chi connectivity index (χ1v) is 12.5. The third-order valence-electron chi connectivity index (χ3n) is 6.30. The van der Waals surface area contributed by atoms with E-state index in [4.69, 9.17) is 9.72 Å². The van der Waals surface area contributed by atoms with Crippen molar-refractivity contribution in [2.75, 3.05) is 44.3 Å². The molecule has 33 heavy (non-hydrogen) atoms. The Kier molecular flexibility index (Phi) is 6.67. The van der Waals surface area contributed by atoms with E-state index < -0.39 is 0 Å². The smallest absolute Gasteiger partial charge is 0.260 e. The zero-order valence-corrected chi connectivity index (χ0v) is 19.8. The van der Waals surface area contributed by atoms with Gasteiger partial charge < -0.3 is 4.74 Å². The van der Waals surface area contributed by atoms with Gasteiger partial charge in [-0.15, -0.1) is 0 Å². The molecular weight excluding hydrogens is 430 g/mol. The van der Waals surface area contributed by atoms with Gasteiger partial charge in [0.1, 0.15) is 0 Å². The van der Waals surface area contributed by atoms with Gasteiger partial charge in [0, 0.05) is 31.7 Å². The highest BCUT2D eigenvalue weighted by Crippen LogP contribution is 2.32. The number of anilines is 1. The Bertz CT molecular complexity index is 1260. The van der Waals surface area contributed by atoms with Gasteiger partial charge in [0.15, 0.2) is 5.13 Å². The number of para-hydroxylation sites is 1. The van der Waals surface area contributed by atoms with Gasteiger partial charge in [0.2, 0.25) is 0 Å². The molecule has 5 nitrogen and oxygen atoms in total. The summed E-state index contributed by atoms with van der Waals surface area (Å²) in [7, 11) is 0. The lowest BCUT2D eigenvalue weighted by molar-refractivity contribution is 0.0376. The molecule has 0 saturated carbocycles. The first-order valence-electron chi connectivity index (χ1n) is 11.7. The predicted molar refractivity (Wildman–Crippen MR) is 136 cm³/mol. The van der Waals surface area contributed by atoms with Crippen molar-refractivity contribution in [3.63, 3.8) is 0 Å². The average molecular weight is 460 g/mol. The Balaban J connectivity index is 1.45. The summed E-state index contributed by atoms with van der Waals surface area (Å²) in [6.07, 6.45) is 1.83. The quantitative estimate of drug-likeness (QED) is 0.372. The molecule has 1 amide bonds. The lowest BCUT2D eigenvalue weighted by Crippen LogP contribution is -2.39. The lowest BCUT2D eigenvalue weighted by atomic mass is 10.1. The molecule has 0 spiro atoms. The Labute approximate surface area is 198 Å². The van der Waals surface area contributed by atoms with Gasteiger partial charge in [-0.05, 0) is 47.4 Å². The summed E-state index contributed by atoms with van der Waals surface area (Å²) in [5.74, 6) is 0.0137. The van der Waals surface area contributed by atoms with Crippen LogP contribution in [0.2, 0.25) is 0 Å². The van der Waals surface area contributed by atoms with Crippen LogP contribution in [-0.4, -0.2) is 55.2 Å². The third kappa shape index (κ3) is 4.78. The van der Waals surface area contributed by atoms with Crippen LogP contribution in [0.4, 0.5) is 5.13 Å². The average Bonchev–Trinajstić information content (AvgIpc) is 3.30. The number of fused-ring (bicyclic) bond motifs is 2. The first-order chi connectivity index (χ1) is 16.2. The van der Waals surface area contributed by atoms with E-state index in [1.54, 1.807) is 11.3 Å². The summed E-state index contributed by atoms with van der Waals surface area (Å²) >= 11 is 1.61. The summed E-state index contributed by atoms with van der Waals surface area (Å²) in [6, 6.07) is 20.4. The second-order valence-corrected chi connectivity index (χ2v) is 9.45. The number of ether oxygens (including phenoxy) is 1. The minimum atomic E-state index is 0.0137. The van der Waals surface area contributed by atoms with Crippen molar-refractivity contribution in [3.05, 3.63) is 71.8 Å². The van der Waals surface area contributed by atoms with Gasteiger partial charge in [-0.3, -0.25) is 14.6 Å². The van der Waals surface area contributed by atoms with Gasteiger partial charge in [0.05, 0.1) is 23.4 Å².